The first kappa shape index (κ1) is 37.3. The first-order valence-electron chi connectivity index (χ1n) is 18.1. The molecular weight excluding hydrogens is 687 g/mol. The van der Waals surface area contributed by atoms with Crippen LogP contribution in [0, 0.1) is 0 Å². The Bertz CT molecular complexity index is 1620. The molecule has 280 valence electrons. The van der Waals surface area contributed by atoms with E-state index >= 15 is 0 Å². The molecule has 5 atom stereocenters. The summed E-state index contributed by atoms with van der Waals surface area (Å²) in [5.74, 6) is 0.545. The second-order valence-corrected chi connectivity index (χ2v) is 16.0. The van der Waals surface area contributed by atoms with E-state index in [1.165, 1.54) is 12.4 Å². The van der Waals surface area contributed by atoms with Crippen LogP contribution in [0.2, 0.25) is 0 Å². The van der Waals surface area contributed by atoms with Crippen molar-refractivity contribution in [2.75, 3.05) is 42.1 Å². The van der Waals surface area contributed by atoms with Crippen LogP contribution in [0.3, 0.4) is 0 Å². The zero-order valence-corrected chi connectivity index (χ0v) is 30.7. The van der Waals surface area contributed by atoms with Crippen molar-refractivity contribution in [3.8, 4) is 0 Å². The highest BCUT2D eigenvalue weighted by Crippen LogP contribution is 2.34. The molecule has 2 aromatic rings. The van der Waals surface area contributed by atoms with Crippen molar-refractivity contribution in [1.82, 2.24) is 36.6 Å². The molecule has 6 rings (SSSR count). The Labute approximate surface area is 307 Å². The van der Waals surface area contributed by atoms with Crippen LogP contribution in [0.4, 0.5) is 16.4 Å². The molecule has 2 unspecified atom stereocenters. The molecule has 4 saturated heterocycles. The lowest BCUT2D eigenvalue weighted by Crippen LogP contribution is -2.55. The largest absolute Gasteiger partial charge is 0.369 e. The molecule has 5 amide bonds. The average molecular weight is 736 g/mol. The minimum atomic E-state index is -0.930. The number of rotatable bonds is 15. The highest BCUT2D eigenvalue weighted by Gasteiger charge is 2.53. The van der Waals surface area contributed by atoms with Gasteiger partial charge in [-0.1, -0.05) is 24.6 Å². The molecule has 0 bridgehead atoms. The van der Waals surface area contributed by atoms with Gasteiger partial charge in [-0.25, -0.2) is 14.8 Å². The highest BCUT2D eigenvalue weighted by atomic mass is 32.2. The van der Waals surface area contributed by atoms with Crippen LogP contribution >= 0.6 is 11.8 Å². The lowest BCUT2D eigenvalue weighted by atomic mass is 9.84. The van der Waals surface area contributed by atoms with Crippen LogP contribution < -0.4 is 36.8 Å². The quantitative estimate of drug-likeness (QED) is 0.0887. The molecule has 0 aliphatic carbocycles. The van der Waals surface area contributed by atoms with Gasteiger partial charge in [-0.3, -0.25) is 19.2 Å². The summed E-state index contributed by atoms with van der Waals surface area (Å²) in [7, 11) is 0. The number of urea groups is 1. The van der Waals surface area contributed by atoms with Gasteiger partial charge in [-0.15, -0.1) is 0 Å². The monoisotopic (exact) mass is 735 g/mol. The molecule has 4 aliphatic rings. The SMILES string of the molecule is CC(CNC(=O)CCCC[C@@H]1SC[C@@H]2NC(=O)N[C@@H]21)OC(C)(C)CNC(=O)c1cnc(N2CCC3(CC2)NC(=O)C(Nc2ccccc2)C3=O)nc1. The Morgan fingerprint density at radius 3 is 2.52 bits per heavy atom. The zero-order chi connectivity index (χ0) is 36.9. The number of anilines is 2. The number of aromatic nitrogens is 2. The second-order valence-electron chi connectivity index (χ2n) is 14.7. The van der Waals surface area contributed by atoms with Crippen molar-refractivity contribution < 1.29 is 28.7 Å². The number of nitrogens with zero attached hydrogens (tertiary/aromatic N) is 3. The molecule has 1 aromatic carbocycles. The summed E-state index contributed by atoms with van der Waals surface area (Å²) >= 11 is 1.88. The maximum atomic E-state index is 13.3. The molecular formula is C36H49N9O6S. The van der Waals surface area contributed by atoms with Crippen LogP contribution in [0.1, 0.15) is 69.7 Å². The molecule has 5 heterocycles. The van der Waals surface area contributed by atoms with E-state index in [0.717, 1.165) is 25.0 Å². The van der Waals surface area contributed by atoms with Gasteiger partial charge in [0.25, 0.3) is 11.8 Å². The number of para-hydroxylation sites is 1. The van der Waals surface area contributed by atoms with E-state index in [1.807, 2.05) is 67.8 Å². The van der Waals surface area contributed by atoms with Gasteiger partial charge < -0.3 is 41.5 Å². The summed E-state index contributed by atoms with van der Waals surface area (Å²) in [6.07, 6.45) is 6.64. The minimum absolute atomic E-state index is 0.0228. The number of hydrogen-bond donors (Lipinski definition) is 6. The molecule has 0 saturated carbocycles. The van der Waals surface area contributed by atoms with Crippen LogP contribution in [-0.4, -0.2) is 112 Å². The molecule has 0 radical (unpaired) electrons. The van der Waals surface area contributed by atoms with Gasteiger partial charge >= 0.3 is 6.03 Å². The fraction of sp³-hybridized carbons (Fsp3) is 0.583. The lowest BCUT2D eigenvalue weighted by Gasteiger charge is -2.38. The lowest BCUT2D eigenvalue weighted by molar-refractivity contribution is -0.125. The van der Waals surface area contributed by atoms with Gasteiger partial charge in [0.2, 0.25) is 11.9 Å². The van der Waals surface area contributed by atoms with Crippen molar-refractivity contribution in [1.29, 1.82) is 0 Å². The van der Waals surface area contributed by atoms with Crippen molar-refractivity contribution in [3.05, 3.63) is 48.3 Å². The van der Waals surface area contributed by atoms with Crippen molar-refractivity contribution in [3.63, 3.8) is 0 Å². The van der Waals surface area contributed by atoms with Gasteiger partial charge in [-0.05, 0) is 58.6 Å². The number of ketones is 1. The minimum Gasteiger partial charge on any atom is -0.369 e. The maximum absolute atomic E-state index is 13.3. The highest BCUT2D eigenvalue weighted by molar-refractivity contribution is 8.00. The van der Waals surface area contributed by atoms with Gasteiger partial charge in [0, 0.05) is 61.7 Å². The maximum Gasteiger partial charge on any atom is 0.315 e. The molecule has 1 spiro atoms. The molecule has 16 heteroatoms. The van der Waals surface area contributed by atoms with Crippen LogP contribution in [0.15, 0.2) is 42.7 Å². The summed E-state index contributed by atoms with van der Waals surface area (Å²) in [4.78, 5) is 73.8. The van der Waals surface area contributed by atoms with E-state index in [4.69, 9.17) is 4.74 Å². The van der Waals surface area contributed by atoms with E-state index in [-0.39, 0.29) is 54.3 Å². The number of benzene rings is 1. The fourth-order valence-electron chi connectivity index (χ4n) is 7.30. The Morgan fingerprint density at radius 1 is 1.06 bits per heavy atom. The number of thioether (sulfide) groups is 1. The van der Waals surface area contributed by atoms with E-state index in [1.54, 1.807) is 0 Å². The number of piperidine rings is 1. The molecule has 4 fully saturated rings. The van der Waals surface area contributed by atoms with Crippen molar-refractivity contribution >= 4 is 52.9 Å². The van der Waals surface area contributed by atoms with Crippen molar-refractivity contribution in [2.24, 2.45) is 0 Å². The summed E-state index contributed by atoms with van der Waals surface area (Å²) in [6, 6.07) is 8.59. The Hall–Kier alpha value is -4.44. The Morgan fingerprint density at radius 2 is 1.79 bits per heavy atom. The third kappa shape index (κ3) is 8.95. The topological polar surface area (TPSA) is 196 Å². The van der Waals surface area contributed by atoms with Crippen LogP contribution in [0.25, 0.3) is 0 Å². The molecule has 4 aliphatic heterocycles. The second kappa shape index (κ2) is 16.1. The summed E-state index contributed by atoms with van der Waals surface area (Å²) in [5, 5.41) is 18.2. The van der Waals surface area contributed by atoms with Gasteiger partial charge in [0.15, 0.2) is 11.8 Å². The van der Waals surface area contributed by atoms with E-state index < -0.39 is 17.2 Å². The molecule has 6 N–H and O–H groups in total. The first-order valence-corrected chi connectivity index (χ1v) is 19.1. The molecule has 52 heavy (non-hydrogen) atoms. The number of carbonyl (C=O) groups excluding carboxylic acids is 5. The summed E-state index contributed by atoms with van der Waals surface area (Å²) < 4.78 is 6.14. The van der Waals surface area contributed by atoms with E-state index in [0.29, 0.717) is 61.3 Å². The number of amides is 5. The summed E-state index contributed by atoms with van der Waals surface area (Å²) in [5.41, 5.74) is -0.607. The number of hydrogen-bond acceptors (Lipinski definition) is 11. The number of unbranched alkanes of at least 4 members (excludes halogenated alkanes) is 1. The van der Waals surface area contributed by atoms with Gasteiger partial charge in [0.05, 0.1) is 29.4 Å². The predicted molar refractivity (Wildman–Crippen MR) is 197 cm³/mol. The van der Waals surface area contributed by atoms with E-state index in [2.05, 4.69) is 41.9 Å². The Kier molecular flexibility index (Phi) is 11.5. The standard InChI is InChI=1S/C36H49N9O6S/c1-22(17-37-27(46)12-8-7-11-26-28-25(20-52-26)42-34(50)43-28)51-35(2,3)21-40-31(48)23-18-38-33(39-19-23)45-15-13-36(14-16-45)30(47)29(32(49)44-36)41-24-9-5-4-6-10-24/h4-6,9-10,18-19,22,25-26,28-29,41H,7-8,11-17,20-21H2,1-3H3,(H,37,46)(H,40,48)(H,44,49)(H2,42,43,50)/t22?,25-,26-,28-,29?/m0/s1. The smallest absolute Gasteiger partial charge is 0.315 e. The number of carbonyl (C=O) groups is 5. The van der Waals surface area contributed by atoms with Gasteiger partial charge in [0.1, 0.15) is 5.54 Å². The summed E-state index contributed by atoms with van der Waals surface area (Å²) in [6.45, 7) is 7.17. The van der Waals surface area contributed by atoms with Gasteiger partial charge in [-0.2, -0.15) is 11.8 Å². The zero-order valence-electron chi connectivity index (χ0n) is 29.9. The first-order chi connectivity index (χ1) is 24.9. The number of fused-ring (bicyclic) bond motifs is 1. The number of Topliss-reactive ketones (excluding diaryl/α,β-unsaturated/α-hetero) is 1. The normalized spacial score (nSPS) is 24.1. The van der Waals surface area contributed by atoms with E-state index in [9.17, 15) is 24.0 Å². The van der Waals surface area contributed by atoms with Crippen LogP contribution in [0.5, 0.6) is 0 Å². The Balaban J connectivity index is 0.871. The number of nitrogens with one attached hydrogen (secondary N) is 6. The van der Waals surface area contributed by atoms with Crippen molar-refractivity contribution in [2.45, 2.75) is 99.9 Å². The third-order valence-electron chi connectivity index (χ3n) is 10.1. The molecule has 1 aromatic heterocycles. The molecule has 15 nitrogen and oxygen atoms in total. The van der Waals surface area contributed by atoms with Crippen LogP contribution in [-0.2, 0) is 19.1 Å². The third-order valence-corrected chi connectivity index (χ3v) is 11.6. The fourth-order valence-corrected chi connectivity index (χ4v) is 8.85. The predicted octanol–water partition coefficient (Wildman–Crippen LogP) is 1.75. The average Bonchev–Trinajstić information content (AvgIpc) is 3.76. The number of ether oxygens (including phenoxy) is 1.